The van der Waals surface area contributed by atoms with Crippen molar-refractivity contribution in [3.05, 3.63) is 48.6 Å². The van der Waals surface area contributed by atoms with Gasteiger partial charge in [0.2, 0.25) is 0 Å². The molecule has 0 saturated carbocycles. The molecule has 10 heteroatoms. The Balaban J connectivity index is 3.84. The normalized spacial score (nSPS) is 13.5. The van der Waals surface area contributed by atoms with Gasteiger partial charge >= 0.3 is 19.8 Å². The van der Waals surface area contributed by atoms with Crippen molar-refractivity contribution in [3.8, 4) is 0 Å². The molecule has 9 nitrogen and oxygen atoms in total. The molecule has 0 aliphatic carbocycles. The summed E-state index contributed by atoms with van der Waals surface area (Å²) in [5.41, 5.74) is 0. The average molecular weight is 1060 g/mol. The molecule has 0 aliphatic heterocycles. The Kier molecular flexibility index (Phi) is 54.2. The summed E-state index contributed by atoms with van der Waals surface area (Å²) in [6, 6.07) is 0. The van der Waals surface area contributed by atoms with E-state index in [0.29, 0.717) is 23.9 Å². The van der Waals surface area contributed by atoms with Crippen LogP contribution in [0.4, 0.5) is 0 Å². The van der Waals surface area contributed by atoms with Crippen molar-refractivity contribution in [3.63, 3.8) is 0 Å². The number of ether oxygens (including phenoxy) is 2. The molecule has 0 aromatic rings. The SMILES string of the molecule is CC/C=C\C/C=C\C/C=C\C/C=C\CCCCCCCCCCCCCCCCCCCCCCCCCCCCC(=O)OC(COC(=O)CCCCCCCCCCCCC)COP(=O)(O)OCC[N+](C)(C)C. The van der Waals surface area contributed by atoms with Crippen molar-refractivity contribution in [2.24, 2.45) is 0 Å². The molecule has 74 heavy (non-hydrogen) atoms. The monoisotopic (exact) mass is 1060 g/mol. The van der Waals surface area contributed by atoms with E-state index < -0.39 is 26.5 Å². The largest absolute Gasteiger partial charge is 0.472 e. The van der Waals surface area contributed by atoms with Crippen molar-refractivity contribution >= 4 is 19.8 Å². The Bertz CT molecular complexity index is 1390. The fourth-order valence-corrected chi connectivity index (χ4v) is 9.81. The van der Waals surface area contributed by atoms with Gasteiger partial charge in [-0.1, -0.05) is 281 Å². The van der Waals surface area contributed by atoms with Crippen LogP contribution < -0.4 is 0 Å². The Morgan fingerprint density at radius 1 is 0.432 bits per heavy atom. The molecule has 0 amide bonds. The first-order valence-corrected chi connectivity index (χ1v) is 32.9. The summed E-state index contributed by atoms with van der Waals surface area (Å²) >= 11 is 0. The van der Waals surface area contributed by atoms with Crippen LogP contribution >= 0.6 is 7.82 Å². The number of phosphoric acid groups is 1. The predicted octanol–water partition coefficient (Wildman–Crippen LogP) is 19.7. The molecule has 0 spiro atoms. The first-order valence-electron chi connectivity index (χ1n) is 31.4. The minimum absolute atomic E-state index is 0.0349. The zero-order valence-electron chi connectivity index (χ0n) is 49.3. The maximum absolute atomic E-state index is 12.8. The molecule has 1 N–H and O–H groups in total. The minimum atomic E-state index is -4.38. The van der Waals surface area contributed by atoms with Gasteiger partial charge < -0.3 is 18.9 Å². The predicted molar refractivity (Wildman–Crippen MR) is 317 cm³/mol. The Morgan fingerprint density at radius 3 is 1.15 bits per heavy atom. The Labute approximate surface area is 458 Å². The van der Waals surface area contributed by atoms with E-state index in [1.54, 1.807) is 0 Å². The highest BCUT2D eigenvalue weighted by Gasteiger charge is 2.27. The van der Waals surface area contributed by atoms with Gasteiger partial charge in [-0.05, 0) is 51.4 Å². The quantitative estimate of drug-likeness (QED) is 0.0211. The van der Waals surface area contributed by atoms with Gasteiger partial charge in [0.25, 0.3) is 0 Å². The van der Waals surface area contributed by atoms with Crippen LogP contribution in [-0.2, 0) is 32.7 Å². The maximum atomic E-state index is 12.8. The number of allylic oxidation sites excluding steroid dienone is 8. The summed E-state index contributed by atoms with van der Waals surface area (Å²) in [7, 11) is 1.49. The minimum Gasteiger partial charge on any atom is -0.462 e. The second-order valence-corrected chi connectivity index (χ2v) is 23.9. The number of quaternary nitrogens is 1. The van der Waals surface area contributed by atoms with E-state index in [1.165, 1.54) is 205 Å². The van der Waals surface area contributed by atoms with E-state index in [2.05, 4.69) is 62.5 Å². The van der Waals surface area contributed by atoms with Gasteiger partial charge in [0.05, 0.1) is 27.7 Å². The molecule has 0 radical (unpaired) electrons. The number of unbranched alkanes of at least 4 members (excludes halogenated alkanes) is 36. The van der Waals surface area contributed by atoms with E-state index in [9.17, 15) is 19.0 Å². The van der Waals surface area contributed by atoms with Gasteiger partial charge in [-0.3, -0.25) is 18.6 Å². The standard InChI is InChI=1S/C64H120NO8P/c1-6-8-10-12-14-16-18-19-20-21-22-23-24-25-26-27-28-29-30-31-32-33-34-35-36-37-38-39-40-41-42-43-44-45-47-49-51-53-55-57-64(67)73-62(61-72-74(68,69)71-59-58-65(3,4)5)60-70-63(66)56-54-52-50-48-46-17-15-13-11-9-7-2/h8,10,14,16,19-20,22-23,62H,6-7,9,11-13,15,17-18,21,24-61H2,1-5H3/p+1/b10-8-,16-14-,20-19-,23-22-. The van der Waals surface area contributed by atoms with Gasteiger partial charge in [-0.15, -0.1) is 0 Å². The molecule has 0 aliphatic rings. The van der Waals surface area contributed by atoms with Crippen molar-refractivity contribution < 1.29 is 42.1 Å². The fraction of sp³-hybridized carbons (Fsp3) is 0.844. The molecule has 0 aromatic heterocycles. The summed E-state index contributed by atoms with van der Waals surface area (Å²) < 4.78 is 34.5. The molecule has 2 unspecified atom stereocenters. The number of esters is 2. The van der Waals surface area contributed by atoms with Crippen molar-refractivity contribution in [2.45, 2.75) is 302 Å². The van der Waals surface area contributed by atoms with E-state index in [1.807, 2.05) is 21.1 Å². The van der Waals surface area contributed by atoms with Crippen LogP contribution in [0.2, 0.25) is 0 Å². The highest BCUT2D eigenvalue weighted by atomic mass is 31.2. The van der Waals surface area contributed by atoms with E-state index in [-0.39, 0.29) is 25.6 Å². The lowest BCUT2D eigenvalue weighted by Crippen LogP contribution is -2.37. The topological polar surface area (TPSA) is 108 Å². The second kappa shape index (κ2) is 55.7. The molecule has 0 saturated heterocycles. The van der Waals surface area contributed by atoms with Crippen LogP contribution in [0.25, 0.3) is 0 Å². The molecule has 0 heterocycles. The highest BCUT2D eigenvalue weighted by Crippen LogP contribution is 2.43. The zero-order chi connectivity index (χ0) is 54.2. The van der Waals surface area contributed by atoms with Crippen LogP contribution in [0.5, 0.6) is 0 Å². The molecule has 0 rings (SSSR count). The van der Waals surface area contributed by atoms with Crippen LogP contribution in [0.3, 0.4) is 0 Å². The second-order valence-electron chi connectivity index (χ2n) is 22.4. The number of likely N-dealkylation sites (N-methyl/N-ethyl adjacent to an activating group) is 1. The molecule has 2 atom stereocenters. The highest BCUT2D eigenvalue weighted by molar-refractivity contribution is 7.47. The lowest BCUT2D eigenvalue weighted by Gasteiger charge is -2.24. The molecule has 0 aromatic carbocycles. The molecule has 434 valence electrons. The Morgan fingerprint density at radius 2 is 0.770 bits per heavy atom. The molecular formula is C64H121NO8P+. The van der Waals surface area contributed by atoms with Gasteiger partial charge in [0, 0.05) is 12.8 Å². The van der Waals surface area contributed by atoms with Crippen molar-refractivity contribution in [1.29, 1.82) is 0 Å². The van der Waals surface area contributed by atoms with E-state index in [4.69, 9.17) is 18.5 Å². The smallest absolute Gasteiger partial charge is 0.462 e. The zero-order valence-corrected chi connectivity index (χ0v) is 50.2. The van der Waals surface area contributed by atoms with Gasteiger partial charge in [0.15, 0.2) is 6.10 Å². The summed E-state index contributed by atoms with van der Waals surface area (Å²) in [5, 5.41) is 0. The first-order chi connectivity index (χ1) is 36.0. The van der Waals surface area contributed by atoms with Crippen LogP contribution in [0.1, 0.15) is 296 Å². The molecule has 0 fully saturated rings. The number of carbonyl (C=O) groups is 2. The Hall–Kier alpha value is -2.03. The average Bonchev–Trinajstić information content (AvgIpc) is 3.36. The van der Waals surface area contributed by atoms with E-state index >= 15 is 0 Å². The van der Waals surface area contributed by atoms with Gasteiger partial charge in [-0.2, -0.15) is 0 Å². The third-order valence-corrected chi connectivity index (χ3v) is 14.9. The van der Waals surface area contributed by atoms with Crippen molar-refractivity contribution in [2.75, 3.05) is 47.5 Å². The maximum Gasteiger partial charge on any atom is 0.472 e. The third kappa shape index (κ3) is 59.2. The number of nitrogens with zero attached hydrogens (tertiary/aromatic N) is 1. The number of phosphoric ester groups is 1. The third-order valence-electron chi connectivity index (χ3n) is 13.9. The summed E-state index contributed by atoms with van der Waals surface area (Å²) in [4.78, 5) is 35.6. The fourth-order valence-electron chi connectivity index (χ4n) is 9.07. The lowest BCUT2D eigenvalue weighted by molar-refractivity contribution is -0.870. The number of carbonyl (C=O) groups excluding carboxylic acids is 2. The molecular weight excluding hydrogens is 942 g/mol. The molecule has 0 bridgehead atoms. The van der Waals surface area contributed by atoms with Crippen LogP contribution in [-0.4, -0.2) is 74.9 Å². The summed E-state index contributed by atoms with van der Waals surface area (Å²) in [5.74, 6) is -0.783. The number of hydrogen-bond donors (Lipinski definition) is 1. The van der Waals surface area contributed by atoms with Gasteiger partial charge in [0.1, 0.15) is 19.8 Å². The van der Waals surface area contributed by atoms with Gasteiger partial charge in [-0.25, -0.2) is 4.57 Å². The number of hydrogen-bond acceptors (Lipinski definition) is 7. The van der Waals surface area contributed by atoms with Crippen LogP contribution in [0.15, 0.2) is 48.6 Å². The number of rotatable bonds is 58. The first kappa shape index (κ1) is 72.0. The lowest BCUT2D eigenvalue weighted by atomic mass is 10.0. The van der Waals surface area contributed by atoms with E-state index in [0.717, 1.165) is 57.8 Å². The van der Waals surface area contributed by atoms with Crippen molar-refractivity contribution in [1.82, 2.24) is 0 Å². The summed E-state index contributed by atoms with van der Waals surface area (Å²) in [6.45, 7) is 4.35. The van der Waals surface area contributed by atoms with Crippen LogP contribution in [0, 0.1) is 0 Å². The summed E-state index contributed by atoms with van der Waals surface area (Å²) in [6.07, 6.45) is 70.8.